The number of unbranched alkanes of at least 4 members (excludes halogenated alkanes) is 2. The third-order valence-corrected chi connectivity index (χ3v) is 4.00. The maximum absolute atomic E-state index is 12.4. The van der Waals surface area contributed by atoms with Crippen LogP contribution in [0.2, 0.25) is 0 Å². The van der Waals surface area contributed by atoms with Gasteiger partial charge in [0.1, 0.15) is 5.75 Å². The number of carboxylic acids is 1. The van der Waals surface area contributed by atoms with Crippen LogP contribution in [0.4, 0.5) is 11.4 Å². The number of ether oxygens (including phenoxy) is 1. The highest BCUT2D eigenvalue weighted by Gasteiger charge is 2.31. The molecule has 2 N–H and O–H groups in total. The first-order chi connectivity index (χ1) is 11.9. The highest BCUT2D eigenvalue weighted by Crippen LogP contribution is 2.36. The van der Waals surface area contributed by atoms with Gasteiger partial charge in [0.25, 0.3) is 5.91 Å². The molecular formula is C18H24N2O5. The predicted molar refractivity (Wildman–Crippen MR) is 93.9 cm³/mol. The second-order valence-electron chi connectivity index (χ2n) is 6.08. The number of aliphatic carboxylic acids is 1. The number of benzene rings is 1. The van der Waals surface area contributed by atoms with Gasteiger partial charge < -0.3 is 20.1 Å². The summed E-state index contributed by atoms with van der Waals surface area (Å²) in [5.74, 6) is -0.892. The minimum absolute atomic E-state index is 0.0981. The molecule has 25 heavy (non-hydrogen) atoms. The number of rotatable bonds is 8. The summed E-state index contributed by atoms with van der Waals surface area (Å²) in [5.41, 5.74) is 1.15. The van der Waals surface area contributed by atoms with Crippen molar-refractivity contribution in [1.82, 2.24) is 0 Å². The molecule has 0 saturated heterocycles. The Bertz CT molecular complexity index is 659. The van der Waals surface area contributed by atoms with Crippen LogP contribution in [0.15, 0.2) is 18.2 Å². The number of nitrogens with zero attached hydrogens (tertiary/aromatic N) is 1. The molecule has 1 aromatic carbocycles. The lowest BCUT2D eigenvalue weighted by molar-refractivity contribution is -0.138. The Morgan fingerprint density at radius 3 is 2.72 bits per heavy atom. The van der Waals surface area contributed by atoms with Gasteiger partial charge in [-0.2, -0.15) is 0 Å². The number of amides is 2. The zero-order chi connectivity index (χ0) is 18.4. The Balaban J connectivity index is 2.15. The van der Waals surface area contributed by atoms with E-state index < -0.39 is 12.1 Å². The molecule has 0 radical (unpaired) electrons. The first-order valence-corrected chi connectivity index (χ1v) is 8.56. The molecule has 0 aromatic heterocycles. The van der Waals surface area contributed by atoms with Crippen LogP contribution in [0.3, 0.4) is 0 Å². The number of hydrogen-bond acceptors (Lipinski definition) is 4. The Labute approximate surface area is 147 Å². The number of hydrogen-bond donors (Lipinski definition) is 2. The van der Waals surface area contributed by atoms with Crippen molar-refractivity contribution in [2.24, 2.45) is 0 Å². The van der Waals surface area contributed by atoms with Crippen LogP contribution in [-0.2, 0) is 14.4 Å². The summed E-state index contributed by atoms with van der Waals surface area (Å²) in [6.07, 6.45) is 2.12. The summed E-state index contributed by atoms with van der Waals surface area (Å²) >= 11 is 0. The van der Waals surface area contributed by atoms with Crippen molar-refractivity contribution < 1.29 is 24.2 Å². The van der Waals surface area contributed by atoms with E-state index >= 15 is 0 Å². The Hall–Kier alpha value is -2.57. The first kappa shape index (κ1) is 18.8. The van der Waals surface area contributed by atoms with Gasteiger partial charge in [-0.3, -0.25) is 14.4 Å². The highest BCUT2D eigenvalue weighted by molar-refractivity contribution is 6.01. The molecule has 1 aliphatic heterocycles. The van der Waals surface area contributed by atoms with Crippen molar-refractivity contribution in [3.05, 3.63) is 18.2 Å². The lowest BCUT2D eigenvalue weighted by Gasteiger charge is -2.33. The predicted octanol–water partition coefficient (Wildman–Crippen LogP) is 2.79. The molecule has 0 saturated carbocycles. The van der Waals surface area contributed by atoms with Crippen LogP contribution < -0.4 is 15.0 Å². The van der Waals surface area contributed by atoms with E-state index in [2.05, 4.69) is 12.2 Å². The van der Waals surface area contributed by atoms with E-state index in [0.717, 1.165) is 19.3 Å². The second kappa shape index (κ2) is 8.50. The van der Waals surface area contributed by atoms with Crippen LogP contribution >= 0.6 is 0 Å². The summed E-state index contributed by atoms with van der Waals surface area (Å²) in [4.78, 5) is 36.5. The molecule has 2 amide bonds. The minimum Gasteiger partial charge on any atom is -0.481 e. The molecular weight excluding hydrogens is 324 g/mol. The smallest absolute Gasteiger partial charge is 0.303 e. The van der Waals surface area contributed by atoms with Crippen LogP contribution in [0.1, 0.15) is 46.0 Å². The van der Waals surface area contributed by atoms with E-state index in [4.69, 9.17) is 9.84 Å². The van der Waals surface area contributed by atoms with E-state index in [1.54, 1.807) is 30.0 Å². The average Bonchev–Trinajstić information content (AvgIpc) is 2.57. The Morgan fingerprint density at radius 1 is 1.28 bits per heavy atom. The maximum Gasteiger partial charge on any atom is 0.303 e. The van der Waals surface area contributed by atoms with Gasteiger partial charge >= 0.3 is 5.97 Å². The van der Waals surface area contributed by atoms with Crippen LogP contribution in [0, 0.1) is 0 Å². The number of carboxylic acid groups (broad SMARTS) is 1. The summed E-state index contributed by atoms with van der Waals surface area (Å²) in [7, 11) is 0. The quantitative estimate of drug-likeness (QED) is 0.704. The zero-order valence-electron chi connectivity index (χ0n) is 14.6. The van der Waals surface area contributed by atoms with E-state index in [1.165, 1.54) is 0 Å². The van der Waals surface area contributed by atoms with Crippen molar-refractivity contribution in [2.75, 3.05) is 16.8 Å². The number of anilines is 2. The Kier molecular flexibility index (Phi) is 6.38. The van der Waals surface area contributed by atoms with E-state index in [1.807, 2.05) is 0 Å². The van der Waals surface area contributed by atoms with Gasteiger partial charge in [0, 0.05) is 18.7 Å². The topological polar surface area (TPSA) is 95.9 Å². The monoisotopic (exact) mass is 348 g/mol. The highest BCUT2D eigenvalue weighted by atomic mass is 16.5. The lowest BCUT2D eigenvalue weighted by atomic mass is 10.1. The summed E-state index contributed by atoms with van der Waals surface area (Å²) < 4.78 is 5.64. The third kappa shape index (κ3) is 4.95. The van der Waals surface area contributed by atoms with Crippen LogP contribution in [0.25, 0.3) is 0 Å². The zero-order valence-corrected chi connectivity index (χ0v) is 14.6. The van der Waals surface area contributed by atoms with Crippen molar-refractivity contribution in [2.45, 2.75) is 52.1 Å². The molecule has 0 spiro atoms. The van der Waals surface area contributed by atoms with Gasteiger partial charge in [0.15, 0.2) is 6.10 Å². The molecule has 1 unspecified atom stereocenters. The van der Waals surface area contributed by atoms with Gasteiger partial charge in [0.2, 0.25) is 5.91 Å². The summed E-state index contributed by atoms with van der Waals surface area (Å²) in [5, 5.41) is 11.3. The largest absolute Gasteiger partial charge is 0.481 e. The van der Waals surface area contributed by atoms with Crippen molar-refractivity contribution >= 4 is 29.2 Å². The number of fused-ring (bicyclic) bond motifs is 1. The normalized spacial score (nSPS) is 16.2. The van der Waals surface area contributed by atoms with Gasteiger partial charge in [-0.1, -0.05) is 19.8 Å². The average molecular weight is 348 g/mol. The SMILES string of the molecule is CCCCCN1C(=O)C(C)Oc2ccc(NC(=O)CCC(=O)O)cc21. The van der Waals surface area contributed by atoms with Crippen LogP contribution in [0.5, 0.6) is 5.75 Å². The van der Waals surface area contributed by atoms with Crippen molar-refractivity contribution in [1.29, 1.82) is 0 Å². The fourth-order valence-electron chi connectivity index (χ4n) is 2.68. The van der Waals surface area contributed by atoms with Gasteiger partial charge in [-0.15, -0.1) is 0 Å². The fraction of sp³-hybridized carbons (Fsp3) is 0.500. The van der Waals surface area contributed by atoms with Crippen molar-refractivity contribution in [3.63, 3.8) is 0 Å². The summed E-state index contributed by atoms with van der Waals surface area (Å²) in [6.45, 7) is 4.42. The number of nitrogens with one attached hydrogen (secondary N) is 1. The third-order valence-electron chi connectivity index (χ3n) is 4.00. The molecule has 0 aliphatic carbocycles. The van der Waals surface area contributed by atoms with E-state index in [9.17, 15) is 14.4 Å². The minimum atomic E-state index is -1.02. The van der Waals surface area contributed by atoms with Crippen molar-refractivity contribution in [3.8, 4) is 5.75 Å². The van der Waals surface area contributed by atoms with E-state index in [-0.39, 0.29) is 24.7 Å². The lowest BCUT2D eigenvalue weighted by Crippen LogP contribution is -2.44. The molecule has 7 heteroatoms. The second-order valence-corrected chi connectivity index (χ2v) is 6.08. The van der Waals surface area contributed by atoms with Gasteiger partial charge in [-0.25, -0.2) is 0 Å². The Morgan fingerprint density at radius 2 is 2.04 bits per heavy atom. The van der Waals surface area contributed by atoms with E-state index in [0.29, 0.717) is 23.7 Å². The molecule has 1 aliphatic rings. The molecule has 0 bridgehead atoms. The molecule has 2 rings (SSSR count). The fourth-order valence-corrected chi connectivity index (χ4v) is 2.68. The van der Waals surface area contributed by atoms with Gasteiger partial charge in [-0.05, 0) is 31.5 Å². The maximum atomic E-state index is 12.4. The molecule has 1 aromatic rings. The molecule has 1 atom stereocenters. The van der Waals surface area contributed by atoms with Gasteiger partial charge in [0.05, 0.1) is 12.1 Å². The van der Waals surface area contributed by atoms with Crippen LogP contribution in [-0.4, -0.2) is 35.5 Å². The number of carbonyl (C=O) groups excluding carboxylic acids is 2. The standard InChI is InChI=1S/C18H24N2O5/c1-3-4-5-10-20-14-11-13(19-16(21)8-9-17(22)23)6-7-15(14)25-12(2)18(20)24/h6-7,11-12H,3-5,8-10H2,1-2H3,(H,19,21)(H,22,23). The number of carbonyl (C=O) groups is 3. The molecule has 7 nitrogen and oxygen atoms in total. The molecule has 136 valence electrons. The molecule has 0 fully saturated rings. The molecule has 1 heterocycles. The summed E-state index contributed by atoms with van der Waals surface area (Å²) in [6, 6.07) is 5.10. The first-order valence-electron chi connectivity index (χ1n) is 8.56.